The van der Waals surface area contributed by atoms with Crippen molar-refractivity contribution in [2.45, 2.75) is 6.61 Å². The van der Waals surface area contributed by atoms with Crippen LogP contribution in [-0.2, 0) is 6.61 Å². The second-order valence-corrected chi connectivity index (χ2v) is 4.49. The maximum absolute atomic E-state index is 12.8. The molecular weight excluding hydrogens is 287 g/mol. The number of nitrogens with zero attached hydrogens (tertiary/aromatic N) is 2. The Balaban J connectivity index is 1.66. The Labute approximate surface area is 126 Å². The van der Waals surface area contributed by atoms with E-state index in [0.29, 0.717) is 17.5 Å². The Hall–Kier alpha value is -2.89. The van der Waals surface area contributed by atoms with Crippen molar-refractivity contribution in [1.82, 2.24) is 10.1 Å². The molecule has 0 aliphatic heterocycles. The molecule has 0 unspecified atom stereocenters. The topological polar surface area (TPSA) is 57.4 Å². The summed E-state index contributed by atoms with van der Waals surface area (Å²) >= 11 is 0. The van der Waals surface area contributed by atoms with Crippen molar-refractivity contribution in [3.8, 4) is 23.0 Å². The van der Waals surface area contributed by atoms with E-state index in [1.807, 2.05) is 24.3 Å². The van der Waals surface area contributed by atoms with Crippen LogP contribution in [0.3, 0.4) is 0 Å². The van der Waals surface area contributed by atoms with Gasteiger partial charge in [0.1, 0.15) is 17.3 Å². The van der Waals surface area contributed by atoms with E-state index in [1.54, 1.807) is 19.2 Å². The molecule has 1 aromatic heterocycles. The first-order valence-electron chi connectivity index (χ1n) is 6.60. The highest BCUT2D eigenvalue weighted by Gasteiger charge is 2.09. The summed E-state index contributed by atoms with van der Waals surface area (Å²) in [5, 5.41) is 3.85. The zero-order chi connectivity index (χ0) is 15.4. The Morgan fingerprint density at radius 3 is 2.36 bits per heavy atom. The van der Waals surface area contributed by atoms with Crippen LogP contribution < -0.4 is 9.47 Å². The number of benzene rings is 2. The average Bonchev–Trinajstić information content (AvgIpc) is 3.03. The number of methoxy groups -OCH3 is 1. The summed E-state index contributed by atoms with van der Waals surface area (Å²) in [6.45, 7) is 0.144. The molecule has 0 saturated carbocycles. The lowest BCUT2D eigenvalue weighted by molar-refractivity contribution is 0.286. The van der Waals surface area contributed by atoms with Crippen molar-refractivity contribution >= 4 is 0 Å². The van der Waals surface area contributed by atoms with E-state index >= 15 is 0 Å². The highest BCUT2D eigenvalue weighted by molar-refractivity contribution is 5.54. The maximum Gasteiger partial charge on any atom is 0.258 e. The van der Waals surface area contributed by atoms with Crippen molar-refractivity contribution in [1.29, 1.82) is 0 Å². The molecule has 112 valence electrons. The van der Waals surface area contributed by atoms with Crippen LogP contribution in [0, 0.1) is 5.82 Å². The van der Waals surface area contributed by atoms with Gasteiger partial charge < -0.3 is 14.0 Å². The quantitative estimate of drug-likeness (QED) is 0.722. The molecule has 0 spiro atoms. The van der Waals surface area contributed by atoms with Gasteiger partial charge in [-0.05, 0) is 48.5 Å². The Morgan fingerprint density at radius 1 is 1.00 bits per heavy atom. The minimum absolute atomic E-state index is 0.144. The fourth-order valence-corrected chi connectivity index (χ4v) is 1.84. The molecule has 0 atom stereocenters. The predicted molar refractivity (Wildman–Crippen MR) is 77.0 cm³/mol. The van der Waals surface area contributed by atoms with Gasteiger partial charge in [-0.25, -0.2) is 4.39 Å². The van der Waals surface area contributed by atoms with Gasteiger partial charge in [0.15, 0.2) is 6.61 Å². The molecule has 6 heteroatoms. The molecule has 1 heterocycles. The summed E-state index contributed by atoms with van der Waals surface area (Å²) in [6.07, 6.45) is 0. The van der Waals surface area contributed by atoms with E-state index in [9.17, 15) is 4.39 Å². The normalized spacial score (nSPS) is 10.5. The van der Waals surface area contributed by atoms with Gasteiger partial charge in [0.05, 0.1) is 7.11 Å². The molecule has 3 aromatic rings. The van der Waals surface area contributed by atoms with Crippen molar-refractivity contribution in [3.63, 3.8) is 0 Å². The number of hydrogen-bond donors (Lipinski definition) is 0. The van der Waals surface area contributed by atoms with Crippen LogP contribution in [0.25, 0.3) is 11.5 Å². The number of ether oxygens (including phenoxy) is 2. The second kappa shape index (κ2) is 6.26. The first kappa shape index (κ1) is 14.1. The summed E-state index contributed by atoms with van der Waals surface area (Å²) in [5.41, 5.74) is 0.793. The molecule has 0 N–H and O–H groups in total. The maximum atomic E-state index is 12.8. The summed E-state index contributed by atoms with van der Waals surface area (Å²) < 4.78 is 28.5. The number of aromatic nitrogens is 2. The lowest BCUT2D eigenvalue weighted by Crippen LogP contribution is -1.97. The number of hydrogen-bond acceptors (Lipinski definition) is 5. The van der Waals surface area contributed by atoms with Crippen molar-refractivity contribution < 1.29 is 18.4 Å². The van der Waals surface area contributed by atoms with Crippen LogP contribution >= 0.6 is 0 Å². The molecule has 0 amide bonds. The highest BCUT2D eigenvalue weighted by atomic mass is 19.1. The summed E-state index contributed by atoms with van der Waals surface area (Å²) in [5.74, 6) is 1.80. The molecule has 22 heavy (non-hydrogen) atoms. The van der Waals surface area contributed by atoms with Gasteiger partial charge >= 0.3 is 0 Å². The van der Waals surface area contributed by atoms with Gasteiger partial charge in [-0.1, -0.05) is 5.16 Å². The lowest BCUT2D eigenvalue weighted by Gasteiger charge is -2.02. The van der Waals surface area contributed by atoms with Crippen LogP contribution in [0.5, 0.6) is 11.5 Å². The van der Waals surface area contributed by atoms with Crippen LogP contribution in [0.1, 0.15) is 5.82 Å². The molecule has 0 bridgehead atoms. The smallest absolute Gasteiger partial charge is 0.258 e. The van der Waals surface area contributed by atoms with E-state index in [2.05, 4.69) is 10.1 Å². The summed E-state index contributed by atoms with van der Waals surface area (Å²) in [7, 11) is 1.60. The molecular formula is C16H13FN2O3. The lowest BCUT2D eigenvalue weighted by atomic mass is 10.2. The van der Waals surface area contributed by atoms with Crippen molar-refractivity contribution in [3.05, 3.63) is 60.2 Å². The largest absolute Gasteiger partial charge is 0.497 e. The third-order valence-electron chi connectivity index (χ3n) is 2.99. The summed E-state index contributed by atoms with van der Waals surface area (Å²) in [6, 6.07) is 13.0. The van der Waals surface area contributed by atoms with Gasteiger partial charge in [0.25, 0.3) is 5.89 Å². The van der Waals surface area contributed by atoms with E-state index in [1.165, 1.54) is 12.1 Å². The third kappa shape index (κ3) is 3.22. The van der Waals surface area contributed by atoms with E-state index in [0.717, 1.165) is 11.3 Å². The first-order valence-corrected chi connectivity index (χ1v) is 6.60. The Morgan fingerprint density at radius 2 is 1.68 bits per heavy atom. The second-order valence-electron chi connectivity index (χ2n) is 4.49. The molecule has 0 aliphatic rings. The van der Waals surface area contributed by atoms with E-state index < -0.39 is 0 Å². The summed E-state index contributed by atoms with van der Waals surface area (Å²) in [4.78, 5) is 4.25. The first-order chi connectivity index (χ1) is 10.7. The number of halogens is 1. The van der Waals surface area contributed by atoms with Gasteiger partial charge in [-0.3, -0.25) is 0 Å². The SMILES string of the molecule is COc1ccc(-c2nc(COc3ccc(F)cc3)no2)cc1. The zero-order valence-electron chi connectivity index (χ0n) is 11.8. The van der Waals surface area contributed by atoms with Crippen LogP contribution in [0.4, 0.5) is 4.39 Å². The van der Waals surface area contributed by atoms with Crippen molar-refractivity contribution in [2.75, 3.05) is 7.11 Å². The third-order valence-corrected chi connectivity index (χ3v) is 2.99. The zero-order valence-corrected chi connectivity index (χ0v) is 11.8. The van der Waals surface area contributed by atoms with Gasteiger partial charge in [0, 0.05) is 5.56 Å². The molecule has 2 aromatic carbocycles. The van der Waals surface area contributed by atoms with E-state index in [-0.39, 0.29) is 12.4 Å². The monoisotopic (exact) mass is 300 g/mol. The van der Waals surface area contributed by atoms with Crippen molar-refractivity contribution in [2.24, 2.45) is 0 Å². The molecule has 0 aliphatic carbocycles. The van der Waals surface area contributed by atoms with Crippen LogP contribution in [0.15, 0.2) is 53.1 Å². The molecule has 0 saturated heterocycles. The minimum Gasteiger partial charge on any atom is -0.497 e. The number of rotatable bonds is 5. The molecule has 0 fully saturated rings. The molecule has 0 radical (unpaired) electrons. The van der Waals surface area contributed by atoms with Gasteiger partial charge in [0.2, 0.25) is 5.82 Å². The van der Waals surface area contributed by atoms with Crippen LogP contribution in [0.2, 0.25) is 0 Å². The predicted octanol–water partition coefficient (Wildman–Crippen LogP) is 3.46. The fraction of sp³-hybridized carbons (Fsp3) is 0.125. The average molecular weight is 300 g/mol. The van der Waals surface area contributed by atoms with E-state index in [4.69, 9.17) is 14.0 Å². The highest BCUT2D eigenvalue weighted by Crippen LogP contribution is 2.21. The van der Waals surface area contributed by atoms with Gasteiger partial charge in [-0.2, -0.15) is 4.98 Å². The Kier molecular flexibility index (Phi) is 4.00. The standard InChI is InChI=1S/C16H13FN2O3/c1-20-13-6-2-11(3-7-13)16-18-15(19-22-16)10-21-14-8-4-12(17)5-9-14/h2-9H,10H2,1H3. The minimum atomic E-state index is -0.311. The van der Waals surface area contributed by atoms with Gasteiger partial charge in [-0.15, -0.1) is 0 Å². The van der Waals surface area contributed by atoms with Crippen LogP contribution in [-0.4, -0.2) is 17.3 Å². The molecule has 3 rings (SSSR count). The molecule has 5 nitrogen and oxygen atoms in total. The Bertz CT molecular complexity index is 739. The fourth-order valence-electron chi connectivity index (χ4n) is 1.84.